The Labute approximate surface area is 155 Å². The van der Waals surface area contributed by atoms with Crippen LogP contribution in [0.3, 0.4) is 0 Å². The third-order valence-corrected chi connectivity index (χ3v) is 6.05. The van der Waals surface area contributed by atoms with Gasteiger partial charge in [-0.2, -0.15) is 0 Å². The van der Waals surface area contributed by atoms with Crippen LogP contribution < -0.4 is 0 Å². The van der Waals surface area contributed by atoms with Crippen molar-refractivity contribution in [3.8, 4) is 0 Å². The smallest absolute Gasteiger partial charge is 0.272 e. The number of carbonyl (C=O) groups excluding carboxylic acids is 1. The van der Waals surface area contributed by atoms with Crippen molar-refractivity contribution in [2.45, 2.75) is 77.2 Å². The van der Waals surface area contributed by atoms with E-state index in [1.54, 1.807) is 12.1 Å². The van der Waals surface area contributed by atoms with Crippen molar-refractivity contribution >= 4 is 11.6 Å². The normalized spacial score (nSPS) is 20.4. The van der Waals surface area contributed by atoms with Gasteiger partial charge in [-0.1, -0.05) is 38.3 Å². The Balaban J connectivity index is 1.74. The maximum Gasteiger partial charge on any atom is 0.272 e. The van der Waals surface area contributed by atoms with Gasteiger partial charge < -0.3 is 4.90 Å². The van der Waals surface area contributed by atoms with Gasteiger partial charge in [-0.05, 0) is 50.0 Å². The molecule has 1 amide bonds. The van der Waals surface area contributed by atoms with E-state index in [0.717, 1.165) is 36.9 Å². The van der Waals surface area contributed by atoms with Gasteiger partial charge in [-0.15, -0.1) is 0 Å². The van der Waals surface area contributed by atoms with Crippen LogP contribution in [-0.4, -0.2) is 28.3 Å². The number of nitro benzene ring substituents is 1. The van der Waals surface area contributed by atoms with Crippen LogP contribution >= 0.6 is 0 Å². The van der Waals surface area contributed by atoms with Crippen molar-refractivity contribution in [2.24, 2.45) is 5.92 Å². The fraction of sp³-hybridized carbons (Fsp3) is 0.667. The Bertz CT molecular complexity index is 653. The standard InChI is InChI=1S/C21H30N2O3/c1-2-13-22(21(24)14-16-7-4-3-5-8-16)18-12-11-17-9-6-10-20(23(25)26)19(17)15-18/h6,9-10,16,18H,2-5,7-8,11-15H2,1H3. The molecule has 1 atom stereocenters. The van der Waals surface area contributed by atoms with Gasteiger partial charge in [-0.3, -0.25) is 14.9 Å². The molecule has 1 saturated carbocycles. The lowest BCUT2D eigenvalue weighted by Crippen LogP contribution is -2.44. The highest BCUT2D eigenvalue weighted by atomic mass is 16.6. The van der Waals surface area contributed by atoms with Crippen LogP contribution in [-0.2, 0) is 17.6 Å². The molecule has 26 heavy (non-hydrogen) atoms. The third-order valence-electron chi connectivity index (χ3n) is 6.05. The minimum Gasteiger partial charge on any atom is -0.339 e. The zero-order valence-electron chi connectivity index (χ0n) is 15.8. The first-order chi connectivity index (χ1) is 12.6. The SMILES string of the molecule is CCCN(C(=O)CC1CCCCC1)C1CCc2cccc([N+](=O)[O-])c2C1. The number of amides is 1. The number of hydrogen-bond acceptors (Lipinski definition) is 3. The topological polar surface area (TPSA) is 63.5 Å². The molecule has 2 aliphatic rings. The number of hydrogen-bond donors (Lipinski definition) is 0. The third kappa shape index (κ3) is 4.25. The first-order valence-corrected chi connectivity index (χ1v) is 10.1. The van der Waals surface area contributed by atoms with Crippen LogP contribution in [0.25, 0.3) is 0 Å². The van der Waals surface area contributed by atoms with Crippen LogP contribution in [0, 0.1) is 16.0 Å². The van der Waals surface area contributed by atoms with Gasteiger partial charge >= 0.3 is 0 Å². The summed E-state index contributed by atoms with van der Waals surface area (Å²) in [6.45, 7) is 2.85. The fourth-order valence-electron chi connectivity index (χ4n) is 4.70. The molecule has 0 bridgehead atoms. The number of carbonyl (C=O) groups is 1. The molecule has 0 N–H and O–H groups in total. The summed E-state index contributed by atoms with van der Waals surface area (Å²) in [4.78, 5) is 26.2. The zero-order valence-corrected chi connectivity index (χ0v) is 15.8. The number of nitrogens with zero attached hydrogens (tertiary/aromatic N) is 2. The van der Waals surface area contributed by atoms with Crippen LogP contribution in [0.2, 0.25) is 0 Å². The molecular weight excluding hydrogens is 328 g/mol. The van der Waals surface area contributed by atoms with Crippen LogP contribution in [0.5, 0.6) is 0 Å². The van der Waals surface area contributed by atoms with Gasteiger partial charge in [0.2, 0.25) is 5.91 Å². The van der Waals surface area contributed by atoms with E-state index in [1.165, 1.54) is 32.1 Å². The van der Waals surface area contributed by atoms with Gasteiger partial charge in [0.05, 0.1) is 4.92 Å². The highest BCUT2D eigenvalue weighted by Crippen LogP contribution is 2.33. The van der Waals surface area contributed by atoms with E-state index in [2.05, 4.69) is 6.92 Å². The molecule has 0 saturated heterocycles. The molecule has 0 spiro atoms. The van der Waals surface area contributed by atoms with E-state index in [0.29, 0.717) is 18.8 Å². The van der Waals surface area contributed by atoms with Crippen molar-refractivity contribution in [3.05, 3.63) is 39.4 Å². The van der Waals surface area contributed by atoms with Gasteiger partial charge in [0.1, 0.15) is 0 Å². The lowest BCUT2D eigenvalue weighted by Gasteiger charge is -2.36. The molecule has 1 aromatic rings. The summed E-state index contributed by atoms with van der Waals surface area (Å²) in [6.07, 6.45) is 10.0. The summed E-state index contributed by atoms with van der Waals surface area (Å²) in [5.74, 6) is 0.784. The Morgan fingerprint density at radius 3 is 2.69 bits per heavy atom. The molecule has 0 aromatic heterocycles. The molecule has 0 radical (unpaired) electrons. The van der Waals surface area contributed by atoms with E-state index in [-0.39, 0.29) is 22.6 Å². The number of nitro groups is 1. The molecule has 1 unspecified atom stereocenters. The molecule has 1 aromatic carbocycles. The van der Waals surface area contributed by atoms with E-state index >= 15 is 0 Å². The Kier molecular flexibility index (Phi) is 6.28. The van der Waals surface area contributed by atoms with Crippen LogP contribution in [0.15, 0.2) is 18.2 Å². The molecule has 5 heteroatoms. The molecule has 2 aliphatic carbocycles. The first-order valence-electron chi connectivity index (χ1n) is 10.1. The average Bonchev–Trinajstić information content (AvgIpc) is 2.65. The summed E-state index contributed by atoms with van der Waals surface area (Å²) in [7, 11) is 0. The van der Waals surface area contributed by atoms with Crippen molar-refractivity contribution in [3.63, 3.8) is 0 Å². The van der Waals surface area contributed by atoms with E-state index < -0.39 is 0 Å². The largest absolute Gasteiger partial charge is 0.339 e. The number of benzene rings is 1. The Morgan fingerprint density at radius 2 is 2.00 bits per heavy atom. The maximum absolute atomic E-state index is 13.0. The predicted molar refractivity (Wildman–Crippen MR) is 102 cm³/mol. The average molecular weight is 358 g/mol. The quantitative estimate of drug-likeness (QED) is 0.549. The van der Waals surface area contributed by atoms with Gasteiger partial charge in [0.25, 0.3) is 5.69 Å². The van der Waals surface area contributed by atoms with Gasteiger partial charge in [0.15, 0.2) is 0 Å². The summed E-state index contributed by atoms with van der Waals surface area (Å²) >= 11 is 0. The van der Waals surface area contributed by atoms with Crippen molar-refractivity contribution in [2.75, 3.05) is 6.54 Å². The highest BCUT2D eigenvalue weighted by Gasteiger charge is 2.32. The van der Waals surface area contributed by atoms with Gasteiger partial charge in [-0.25, -0.2) is 0 Å². The maximum atomic E-state index is 13.0. The molecule has 5 nitrogen and oxygen atoms in total. The minimum atomic E-state index is -0.283. The van der Waals surface area contributed by atoms with E-state index in [4.69, 9.17) is 0 Å². The number of rotatable bonds is 6. The zero-order chi connectivity index (χ0) is 18.5. The van der Waals surface area contributed by atoms with Crippen molar-refractivity contribution < 1.29 is 9.72 Å². The van der Waals surface area contributed by atoms with E-state index in [9.17, 15) is 14.9 Å². The molecule has 1 fully saturated rings. The second kappa shape index (κ2) is 8.65. The summed E-state index contributed by atoms with van der Waals surface area (Å²) < 4.78 is 0. The molecule has 142 valence electrons. The van der Waals surface area contributed by atoms with E-state index in [1.807, 2.05) is 11.0 Å². The lowest BCUT2D eigenvalue weighted by atomic mass is 9.84. The summed E-state index contributed by atoms with van der Waals surface area (Å²) in [6, 6.07) is 5.46. The lowest BCUT2D eigenvalue weighted by molar-refractivity contribution is -0.385. The molecule has 3 rings (SSSR count). The molecule has 0 heterocycles. The highest BCUT2D eigenvalue weighted by molar-refractivity contribution is 5.77. The number of aryl methyl sites for hydroxylation is 1. The van der Waals surface area contributed by atoms with Crippen LogP contribution in [0.1, 0.15) is 69.4 Å². The molecular formula is C21H30N2O3. The van der Waals surface area contributed by atoms with Gasteiger partial charge in [0, 0.05) is 30.6 Å². The minimum absolute atomic E-state index is 0.0969. The fourth-order valence-corrected chi connectivity index (χ4v) is 4.70. The van der Waals surface area contributed by atoms with Crippen LogP contribution in [0.4, 0.5) is 5.69 Å². The second-order valence-corrected chi connectivity index (χ2v) is 7.86. The Morgan fingerprint density at radius 1 is 1.23 bits per heavy atom. The summed E-state index contributed by atoms with van der Waals surface area (Å²) in [5.41, 5.74) is 2.12. The molecule has 0 aliphatic heterocycles. The predicted octanol–water partition coefficient (Wildman–Crippen LogP) is 4.66. The van der Waals surface area contributed by atoms with Crippen molar-refractivity contribution in [1.29, 1.82) is 0 Å². The summed E-state index contributed by atoms with van der Waals surface area (Å²) in [5, 5.41) is 11.4. The second-order valence-electron chi connectivity index (χ2n) is 7.86. The first kappa shape index (κ1) is 18.9. The Hall–Kier alpha value is -1.91. The monoisotopic (exact) mass is 358 g/mol. The van der Waals surface area contributed by atoms with Crippen molar-refractivity contribution in [1.82, 2.24) is 4.90 Å². The number of fused-ring (bicyclic) bond motifs is 1.